The minimum absolute atomic E-state index is 0.141. The third-order valence-electron chi connectivity index (χ3n) is 3.75. The summed E-state index contributed by atoms with van der Waals surface area (Å²) in [6.45, 7) is 1.36. The molecule has 1 aromatic carbocycles. The Hall–Kier alpha value is -1.42. The zero-order valence-corrected chi connectivity index (χ0v) is 10.4. The van der Waals surface area contributed by atoms with Crippen molar-refractivity contribution >= 4 is 5.91 Å². The fourth-order valence-electron chi connectivity index (χ4n) is 2.62. The second kappa shape index (κ2) is 5.96. The Morgan fingerprint density at radius 1 is 1.28 bits per heavy atom. The fraction of sp³-hybridized carbons (Fsp3) is 0.500. The number of nitrogens with two attached hydrogens (primary N) is 1. The summed E-state index contributed by atoms with van der Waals surface area (Å²) >= 11 is 0. The van der Waals surface area contributed by atoms with E-state index in [9.17, 15) is 9.18 Å². The molecular formula is C14H19FN2O. The van der Waals surface area contributed by atoms with E-state index in [0.29, 0.717) is 30.5 Å². The lowest BCUT2D eigenvalue weighted by Crippen LogP contribution is -2.32. The van der Waals surface area contributed by atoms with Crippen molar-refractivity contribution in [1.82, 2.24) is 5.32 Å². The summed E-state index contributed by atoms with van der Waals surface area (Å²) < 4.78 is 12.7. The maximum atomic E-state index is 12.7. The highest BCUT2D eigenvalue weighted by Crippen LogP contribution is 2.30. The Morgan fingerprint density at radius 2 is 1.94 bits per heavy atom. The van der Waals surface area contributed by atoms with Gasteiger partial charge in [-0.25, -0.2) is 4.39 Å². The van der Waals surface area contributed by atoms with Crippen LogP contribution in [0.3, 0.4) is 0 Å². The van der Waals surface area contributed by atoms with Crippen LogP contribution in [-0.4, -0.2) is 19.0 Å². The maximum absolute atomic E-state index is 12.7. The lowest BCUT2D eigenvalue weighted by molar-refractivity contribution is 0.0944. The number of nitrogens with one attached hydrogen (secondary N) is 1. The summed E-state index contributed by atoms with van der Waals surface area (Å²) in [7, 11) is 0. The van der Waals surface area contributed by atoms with Gasteiger partial charge in [0.2, 0.25) is 0 Å². The second-order valence-electron chi connectivity index (χ2n) is 4.90. The molecule has 0 bridgehead atoms. The molecule has 0 heterocycles. The minimum Gasteiger partial charge on any atom is -0.352 e. The van der Waals surface area contributed by atoms with Gasteiger partial charge in [0.25, 0.3) is 5.91 Å². The molecular weight excluding hydrogens is 231 g/mol. The van der Waals surface area contributed by atoms with Gasteiger partial charge in [0.15, 0.2) is 0 Å². The van der Waals surface area contributed by atoms with Crippen molar-refractivity contribution in [2.45, 2.75) is 19.3 Å². The normalized spacial score (nSPS) is 23.0. The van der Waals surface area contributed by atoms with Crippen LogP contribution >= 0.6 is 0 Å². The van der Waals surface area contributed by atoms with Crippen molar-refractivity contribution in [3.05, 3.63) is 35.6 Å². The van der Waals surface area contributed by atoms with Crippen molar-refractivity contribution in [2.75, 3.05) is 13.1 Å². The van der Waals surface area contributed by atoms with Gasteiger partial charge in [-0.3, -0.25) is 4.79 Å². The van der Waals surface area contributed by atoms with Crippen LogP contribution in [0.5, 0.6) is 0 Å². The molecule has 1 aromatic rings. The Bertz CT molecular complexity index is 405. The van der Waals surface area contributed by atoms with Crippen LogP contribution in [-0.2, 0) is 0 Å². The predicted octanol–water partition coefficient (Wildman–Crippen LogP) is 1.93. The number of carbonyl (C=O) groups excluding carboxylic acids is 1. The summed E-state index contributed by atoms with van der Waals surface area (Å²) in [5.74, 6) is 0.543. The van der Waals surface area contributed by atoms with Gasteiger partial charge >= 0.3 is 0 Å². The highest BCUT2D eigenvalue weighted by Gasteiger charge is 2.26. The zero-order valence-electron chi connectivity index (χ0n) is 10.4. The molecule has 0 spiro atoms. The molecule has 1 saturated carbocycles. The van der Waals surface area contributed by atoms with Crippen molar-refractivity contribution in [2.24, 2.45) is 17.6 Å². The molecule has 1 fully saturated rings. The minimum atomic E-state index is -0.328. The van der Waals surface area contributed by atoms with E-state index in [0.717, 1.165) is 12.8 Å². The maximum Gasteiger partial charge on any atom is 0.251 e. The van der Waals surface area contributed by atoms with Gasteiger partial charge in [-0.15, -0.1) is 0 Å². The first-order valence-electron chi connectivity index (χ1n) is 6.44. The third kappa shape index (κ3) is 3.07. The molecule has 2 rings (SSSR count). The van der Waals surface area contributed by atoms with E-state index in [-0.39, 0.29) is 11.7 Å². The van der Waals surface area contributed by atoms with Crippen molar-refractivity contribution in [3.63, 3.8) is 0 Å². The first kappa shape index (κ1) is 13.0. The van der Waals surface area contributed by atoms with Gasteiger partial charge < -0.3 is 11.1 Å². The number of carbonyl (C=O) groups is 1. The van der Waals surface area contributed by atoms with Gasteiger partial charge in [-0.1, -0.05) is 6.42 Å². The van der Waals surface area contributed by atoms with Gasteiger partial charge in [0.05, 0.1) is 0 Å². The number of amides is 1. The van der Waals surface area contributed by atoms with Crippen LogP contribution < -0.4 is 11.1 Å². The first-order chi connectivity index (χ1) is 8.70. The van der Waals surface area contributed by atoms with Crippen LogP contribution in [0.2, 0.25) is 0 Å². The number of halogens is 1. The second-order valence-corrected chi connectivity index (χ2v) is 4.90. The molecule has 0 radical (unpaired) electrons. The Kier molecular flexibility index (Phi) is 4.31. The van der Waals surface area contributed by atoms with Gasteiger partial charge in [-0.2, -0.15) is 0 Å². The molecule has 2 atom stereocenters. The van der Waals surface area contributed by atoms with Crippen LogP contribution in [0, 0.1) is 17.7 Å². The fourth-order valence-corrected chi connectivity index (χ4v) is 2.62. The molecule has 1 aliphatic carbocycles. The monoisotopic (exact) mass is 250 g/mol. The average Bonchev–Trinajstić information content (AvgIpc) is 2.84. The average molecular weight is 250 g/mol. The van der Waals surface area contributed by atoms with Gasteiger partial charge in [0, 0.05) is 12.1 Å². The quantitative estimate of drug-likeness (QED) is 0.858. The van der Waals surface area contributed by atoms with E-state index < -0.39 is 0 Å². The van der Waals surface area contributed by atoms with E-state index in [1.54, 1.807) is 0 Å². The molecule has 4 heteroatoms. The number of benzene rings is 1. The summed E-state index contributed by atoms with van der Waals surface area (Å²) in [4.78, 5) is 11.8. The molecule has 0 aromatic heterocycles. The van der Waals surface area contributed by atoms with Gasteiger partial charge in [0.1, 0.15) is 5.82 Å². The van der Waals surface area contributed by atoms with E-state index >= 15 is 0 Å². The molecule has 98 valence electrons. The van der Waals surface area contributed by atoms with Crippen LogP contribution in [0.1, 0.15) is 29.6 Å². The SMILES string of the molecule is NCC1CCCC1CNC(=O)c1ccc(F)cc1. The number of hydrogen-bond donors (Lipinski definition) is 2. The molecule has 18 heavy (non-hydrogen) atoms. The molecule has 2 unspecified atom stereocenters. The first-order valence-corrected chi connectivity index (χ1v) is 6.44. The zero-order chi connectivity index (χ0) is 13.0. The van der Waals surface area contributed by atoms with Crippen molar-refractivity contribution < 1.29 is 9.18 Å². The highest BCUT2D eigenvalue weighted by atomic mass is 19.1. The summed E-state index contributed by atoms with van der Waals surface area (Å²) in [6.07, 6.45) is 3.48. The van der Waals surface area contributed by atoms with E-state index in [1.807, 2.05) is 0 Å². The van der Waals surface area contributed by atoms with E-state index in [1.165, 1.54) is 30.7 Å². The molecule has 1 amide bonds. The van der Waals surface area contributed by atoms with E-state index in [2.05, 4.69) is 5.32 Å². The largest absolute Gasteiger partial charge is 0.352 e. The molecule has 3 nitrogen and oxygen atoms in total. The molecule has 1 aliphatic rings. The number of hydrogen-bond acceptors (Lipinski definition) is 2. The Balaban J connectivity index is 1.86. The molecule has 3 N–H and O–H groups in total. The topological polar surface area (TPSA) is 55.1 Å². The predicted molar refractivity (Wildman–Crippen MR) is 68.6 cm³/mol. The summed E-state index contributed by atoms with van der Waals surface area (Å²) in [6, 6.07) is 5.60. The molecule has 0 saturated heterocycles. The lowest BCUT2D eigenvalue weighted by Gasteiger charge is -2.18. The van der Waals surface area contributed by atoms with Gasteiger partial charge in [-0.05, 0) is 55.5 Å². The van der Waals surface area contributed by atoms with Crippen LogP contribution in [0.15, 0.2) is 24.3 Å². The van der Waals surface area contributed by atoms with Crippen molar-refractivity contribution in [1.29, 1.82) is 0 Å². The van der Waals surface area contributed by atoms with E-state index in [4.69, 9.17) is 5.73 Å². The third-order valence-corrected chi connectivity index (χ3v) is 3.75. The summed E-state index contributed by atoms with van der Waals surface area (Å²) in [5, 5.41) is 2.91. The summed E-state index contributed by atoms with van der Waals surface area (Å²) in [5.41, 5.74) is 6.20. The highest BCUT2D eigenvalue weighted by molar-refractivity contribution is 5.94. The smallest absolute Gasteiger partial charge is 0.251 e. The van der Waals surface area contributed by atoms with Crippen LogP contribution in [0.25, 0.3) is 0 Å². The Labute approximate surface area is 107 Å². The molecule has 0 aliphatic heterocycles. The van der Waals surface area contributed by atoms with Crippen molar-refractivity contribution in [3.8, 4) is 0 Å². The van der Waals surface area contributed by atoms with Crippen LogP contribution in [0.4, 0.5) is 4.39 Å². The lowest BCUT2D eigenvalue weighted by atomic mass is 9.96. The Morgan fingerprint density at radius 3 is 2.61 bits per heavy atom. The number of rotatable bonds is 4. The standard InChI is InChI=1S/C14H19FN2O/c15-13-6-4-10(5-7-13)14(18)17-9-12-3-1-2-11(12)8-16/h4-7,11-12H,1-3,8-9,16H2,(H,17,18).